The Bertz CT molecular complexity index is 784. The van der Waals surface area contributed by atoms with Gasteiger partial charge in [0.15, 0.2) is 5.76 Å². The van der Waals surface area contributed by atoms with Gasteiger partial charge in [0.05, 0.1) is 18.3 Å². The van der Waals surface area contributed by atoms with Crippen molar-refractivity contribution < 1.29 is 13.6 Å². The molecule has 1 heterocycles. The second-order valence-electron chi connectivity index (χ2n) is 4.65. The molecule has 0 radical (unpaired) electrons. The Morgan fingerprint density at radius 3 is 2.59 bits per heavy atom. The standard InChI is InChI=1S/C17H13FN2O2/c18-14-9-5-4-8-13(14)17(21)20-11-16-19-10-15(22-16)12-6-2-1-3-7-12/h1-10H,11H2,(H,20,21). The van der Waals surface area contributed by atoms with Crippen LogP contribution in [0.25, 0.3) is 11.3 Å². The number of amides is 1. The summed E-state index contributed by atoms with van der Waals surface area (Å²) < 4.78 is 19.1. The highest BCUT2D eigenvalue weighted by molar-refractivity contribution is 5.94. The molecule has 3 rings (SSSR count). The zero-order valence-corrected chi connectivity index (χ0v) is 11.6. The number of oxazole rings is 1. The number of aromatic nitrogens is 1. The third-order valence-corrected chi connectivity index (χ3v) is 3.13. The molecule has 0 atom stereocenters. The molecule has 22 heavy (non-hydrogen) atoms. The molecule has 1 amide bonds. The zero-order chi connectivity index (χ0) is 15.4. The SMILES string of the molecule is O=C(NCc1ncc(-c2ccccc2)o1)c1ccccc1F. The smallest absolute Gasteiger partial charge is 0.254 e. The highest BCUT2D eigenvalue weighted by Gasteiger charge is 2.12. The molecule has 4 nitrogen and oxygen atoms in total. The fraction of sp³-hybridized carbons (Fsp3) is 0.0588. The fourth-order valence-electron chi connectivity index (χ4n) is 2.02. The molecule has 3 aromatic rings. The van der Waals surface area contributed by atoms with E-state index in [4.69, 9.17) is 4.42 Å². The lowest BCUT2D eigenvalue weighted by Gasteiger charge is -2.03. The average Bonchev–Trinajstić information content (AvgIpc) is 3.03. The molecule has 1 aromatic heterocycles. The molecule has 1 N–H and O–H groups in total. The molecule has 0 fully saturated rings. The van der Waals surface area contributed by atoms with E-state index in [1.807, 2.05) is 30.3 Å². The van der Waals surface area contributed by atoms with Crippen LogP contribution in [-0.4, -0.2) is 10.9 Å². The number of halogens is 1. The van der Waals surface area contributed by atoms with Crippen LogP contribution in [0.4, 0.5) is 4.39 Å². The minimum atomic E-state index is -0.558. The van der Waals surface area contributed by atoms with Gasteiger partial charge in [0.25, 0.3) is 5.91 Å². The van der Waals surface area contributed by atoms with Crippen LogP contribution in [0.2, 0.25) is 0 Å². The summed E-state index contributed by atoms with van der Waals surface area (Å²) in [6.45, 7) is 0.0972. The van der Waals surface area contributed by atoms with E-state index >= 15 is 0 Å². The summed E-state index contributed by atoms with van der Waals surface area (Å²) >= 11 is 0. The van der Waals surface area contributed by atoms with E-state index in [0.29, 0.717) is 11.7 Å². The first-order valence-corrected chi connectivity index (χ1v) is 6.77. The molecule has 2 aromatic carbocycles. The predicted molar refractivity (Wildman–Crippen MR) is 79.5 cm³/mol. The van der Waals surface area contributed by atoms with E-state index in [0.717, 1.165) is 5.56 Å². The number of carbonyl (C=O) groups is 1. The average molecular weight is 296 g/mol. The Hall–Kier alpha value is -2.95. The maximum atomic E-state index is 13.5. The second kappa shape index (κ2) is 6.22. The van der Waals surface area contributed by atoms with Gasteiger partial charge in [-0.1, -0.05) is 42.5 Å². The Labute approximate surface area is 126 Å². The van der Waals surface area contributed by atoms with Crippen LogP contribution < -0.4 is 5.32 Å². The minimum Gasteiger partial charge on any atom is -0.439 e. The Kier molecular flexibility index (Phi) is 3.96. The third-order valence-electron chi connectivity index (χ3n) is 3.13. The van der Waals surface area contributed by atoms with Gasteiger partial charge in [-0.05, 0) is 12.1 Å². The second-order valence-corrected chi connectivity index (χ2v) is 4.65. The molecule has 0 bridgehead atoms. The van der Waals surface area contributed by atoms with Gasteiger partial charge in [-0.15, -0.1) is 0 Å². The van der Waals surface area contributed by atoms with Crippen LogP contribution in [0, 0.1) is 5.82 Å². The van der Waals surface area contributed by atoms with Crippen LogP contribution in [0.1, 0.15) is 16.2 Å². The zero-order valence-electron chi connectivity index (χ0n) is 11.6. The van der Waals surface area contributed by atoms with Gasteiger partial charge in [-0.25, -0.2) is 9.37 Å². The maximum Gasteiger partial charge on any atom is 0.254 e. The number of nitrogens with one attached hydrogen (secondary N) is 1. The van der Waals surface area contributed by atoms with Gasteiger partial charge in [0, 0.05) is 5.56 Å². The first kappa shape index (κ1) is 14.0. The maximum absolute atomic E-state index is 13.5. The van der Waals surface area contributed by atoms with Gasteiger partial charge >= 0.3 is 0 Å². The number of hydrogen-bond donors (Lipinski definition) is 1. The highest BCUT2D eigenvalue weighted by Crippen LogP contribution is 2.19. The molecule has 110 valence electrons. The number of carbonyl (C=O) groups excluding carboxylic acids is 1. The van der Waals surface area contributed by atoms with Crippen molar-refractivity contribution in [1.29, 1.82) is 0 Å². The molecule has 0 aliphatic heterocycles. The largest absolute Gasteiger partial charge is 0.439 e. The van der Waals surface area contributed by atoms with Crippen molar-refractivity contribution in [1.82, 2.24) is 10.3 Å². The van der Waals surface area contributed by atoms with Crippen LogP contribution in [0.3, 0.4) is 0 Å². The molecule has 0 aliphatic rings. The van der Waals surface area contributed by atoms with Crippen molar-refractivity contribution in [3.05, 3.63) is 78.1 Å². The summed E-state index contributed by atoms with van der Waals surface area (Å²) in [6.07, 6.45) is 1.60. The molecule has 0 saturated carbocycles. The van der Waals surface area contributed by atoms with Crippen molar-refractivity contribution in [3.63, 3.8) is 0 Å². The predicted octanol–water partition coefficient (Wildman–Crippen LogP) is 3.41. The van der Waals surface area contributed by atoms with Crippen LogP contribution in [0.5, 0.6) is 0 Å². The summed E-state index contributed by atoms with van der Waals surface area (Å²) in [5.74, 6) is -0.0748. The quantitative estimate of drug-likeness (QED) is 0.802. The molecule has 0 spiro atoms. The Balaban J connectivity index is 1.67. The molecular formula is C17H13FN2O2. The normalized spacial score (nSPS) is 10.4. The van der Waals surface area contributed by atoms with Crippen LogP contribution in [-0.2, 0) is 6.54 Å². The molecule has 0 saturated heterocycles. The van der Waals surface area contributed by atoms with E-state index in [2.05, 4.69) is 10.3 Å². The van der Waals surface area contributed by atoms with Gasteiger partial charge in [-0.3, -0.25) is 4.79 Å². The monoisotopic (exact) mass is 296 g/mol. The number of hydrogen-bond acceptors (Lipinski definition) is 3. The number of benzene rings is 2. The van der Waals surface area contributed by atoms with Crippen LogP contribution in [0.15, 0.2) is 65.2 Å². The first-order chi connectivity index (χ1) is 10.7. The van der Waals surface area contributed by atoms with E-state index in [-0.39, 0.29) is 12.1 Å². The summed E-state index contributed by atoms with van der Waals surface area (Å²) in [5.41, 5.74) is 0.902. The van der Waals surface area contributed by atoms with E-state index in [9.17, 15) is 9.18 Å². The summed E-state index contributed by atoms with van der Waals surface area (Å²) in [4.78, 5) is 16.0. The summed E-state index contributed by atoms with van der Waals surface area (Å²) in [6, 6.07) is 15.3. The van der Waals surface area contributed by atoms with Crippen molar-refractivity contribution in [2.24, 2.45) is 0 Å². The van der Waals surface area contributed by atoms with Gasteiger partial charge < -0.3 is 9.73 Å². The Morgan fingerprint density at radius 1 is 1.09 bits per heavy atom. The lowest BCUT2D eigenvalue weighted by atomic mass is 10.2. The summed E-state index contributed by atoms with van der Waals surface area (Å²) in [5, 5.41) is 2.59. The first-order valence-electron chi connectivity index (χ1n) is 6.77. The third kappa shape index (κ3) is 3.03. The molecule has 0 aliphatic carbocycles. The minimum absolute atomic E-state index is 0.00246. The summed E-state index contributed by atoms with van der Waals surface area (Å²) in [7, 11) is 0. The number of rotatable bonds is 4. The van der Waals surface area contributed by atoms with Gasteiger partial charge in [0.1, 0.15) is 5.82 Å². The Morgan fingerprint density at radius 2 is 1.82 bits per heavy atom. The lowest BCUT2D eigenvalue weighted by molar-refractivity contribution is 0.0943. The van der Waals surface area contributed by atoms with Gasteiger partial charge in [0.2, 0.25) is 5.89 Å². The van der Waals surface area contributed by atoms with Crippen LogP contribution >= 0.6 is 0 Å². The molecule has 0 unspecified atom stereocenters. The number of nitrogens with zero attached hydrogens (tertiary/aromatic N) is 1. The fourth-order valence-corrected chi connectivity index (χ4v) is 2.02. The molecule has 5 heteroatoms. The molecular weight excluding hydrogens is 283 g/mol. The highest BCUT2D eigenvalue weighted by atomic mass is 19.1. The lowest BCUT2D eigenvalue weighted by Crippen LogP contribution is -2.23. The topological polar surface area (TPSA) is 55.1 Å². The van der Waals surface area contributed by atoms with Crippen molar-refractivity contribution in [3.8, 4) is 11.3 Å². The van der Waals surface area contributed by atoms with E-state index < -0.39 is 11.7 Å². The van der Waals surface area contributed by atoms with Gasteiger partial charge in [-0.2, -0.15) is 0 Å². The van der Waals surface area contributed by atoms with E-state index in [1.165, 1.54) is 18.2 Å². The van der Waals surface area contributed by atoms with Crippen molar-refractivity contribution >= 4 is 5.91 Å². The van der Waals surface area contributed by atoms with Crippen molar-refractivity contribution in [2.75, 3.05) is 0 Å². The van der Waals surface area contributed by atoms with Crippen molar-refractivity contribution in [2.45, 2.75) is 6.54 Å². The van der Waals surface area contributed by atoms with E-state index in [1.54, 1.807) is 12.3 Å².